The lowest BCUT2D eigenvalue weighted by Crippen LogP contribution is -2.04. The minimum atomic E-state index is 0.506. The van der Waals surface area contributed by atoms with Crippen molar-refractivity contribution in [1.29, 1.82) is 0 Å². The van der Waals surface area contributed by atoms with Crippen molar-refractivity contribution < 1.29 is 9.53 Å². The number of fused-ring (bicyclic) bond motifs is 1. The van der Waals surface area contributed by atoms with Crippen LogP contribution in [-0.4, -0.2) is 17.5 Å². The van der Waals surface area contributed by atoms with Crippen LogP contribution in [0.4, 0.5) is 0 Å². The van der Waals surface area contributed by atoms with E-state index in [0.717, 1.165) is 22.9 Å². The molecule has 0 radical (unpaired) electrons. The van der Waals surface area contributed by atoms with Crippen LogP contribution in [0.1, 0.15) is 24.3 Å². The smallest absolute Gasteiger partial charge is 0.166 e. The number of aldehydes is 1. The number of rotatable bonds is 4. The van der Waals surface area contributed by atoms with Crippen molar-refractivity contribution in [2.45, 2.75) is 13.8 Å². The van der Waals surface area contributed by atoms with Gasteiger partial charge in [0.15, 0.2) is 6.29 Å². The largest absolute Gasteiger partial charge is 0.493 e. The van der Waals surface area contributed by atoms with E-state index in [1.165, 1.54) is 0 Å². The number of carbonyl (C=O) groups is 1. The summed E-state index contributed by atoms with van der Waals surface area (Å²) >= 11 is 0. The third-order valence-electron chi connectivity index (χ3n) is 2.76. The molecule has 2 rings (SSSR count). The predicted molar refractivity (Wildman–Crippen MR) is 68.6 cm³/mol. The molecule has 0 bridgehead atoms. The molecule has 0 amide bonds. The van der Waals surface area contributed by atoms with Gasteiger partial charge < -0.3 is 9.30 Å². The van der Waals surface area contributed by atoms with Gasteiger partial charge in [-0.15, -0.1) is 0 Å². The van der Waals surface area contributed by atoms with Crippen LogP contribution in [0, 0.1) is 5.92 Å². The molecule has 17 heavy (non-hydrogen) atoms. The Bertz CT molecular complexity index is 540. The lowest BCUT2D eigenvalue weighted by atomic mass is 10.2. The molecule has 1 heterocycles. The fourth-order valence-electron chi connectivity index (χ4n) is 1.81. The Morgan fingerprint density at radius 3 is 2.76 bits per heavy atom. The van der Waals surface area contributed by atoms with E-state index in [4.69, 9.17) is 4.74 Å². The molecule has 0 aliphatic heterocycles. The first-order valence-electron chi connectivity index (χ1n) is 5.79. The Morgan fingerprint density at radius 1 is 1.35 bits per heavy atom. The van der Waals surface area contributed by atoms with Gasteiger partial charge in [0.05, 0.1) is 12.3 Å². The summed E-state index contributed by atoms with van der Waals surface area (Å²) in [4.78, 5) is 10.8. The first-order chi connectivity index (χ1) is 8.11. The van der Waals surface area contributed by atoms with E-state index in [0.29, 0.717) is 18.2 Å². The molecular formula is C14H17NO2. The fraction of sp³-hybridized carbons (Fsp3) is 0.357. The lowest BCUT2D eigenvalue weighted by Gasteiger charge is -2.08. The van der Waals surface area contributed by atoms with E-state index in [1.54, 1.807) is 0 Å². The maximum Gasteiger partial charge on any atom is 0.166 e. The SMILES string of the molecule is CC(C)COc1ccc2c(c1)cc(C=O)n2C. The van der Waals surface area contributed by atoms with E-state index >= 15 is 0 Å². The molecular weight excluding hydrogens is 214 g/mol. The molecule has 3 nitrogen and oxygen atoms in total. The van der Waals surface area contributed by atoms with Crippen molar-refractivity contribution >= 4 is 17.2 Å². The Labute approximate surface area is 101 Å². The molecule has 0 fully saturated rings. The predicted octanol–water partition coefficient (Wildman–Crippen LogP) is 3.03. The second-order valence-electron chi connectivity index (χ2n) is 4.67. The first kappa shape index (κ1) is 11.7. The Balaban J connectivity index is 2.34. The van der Waals surface area contributed by atoms with Crippen LogP contribution in [0.15, 0.2) is 24.3 Å². The molecule has 1 aromatic heterocycles. The first-order valence-corrected chi connectivity index (χ1v) is 5.79. The average Bonchev–Trinajstić information content (AvgIpc) is 2.63. The quantitative estimate of drug-likeness (QED) is 0.757. The van der Waals surface area contributed by atoms with Crippen LogP contribution in [0.25, 0.3) is 10.9 Å². The molecule has 0 aliphatic rings. The zero-order valence-corrected chi connectivity index (χ0v) is 10.4. The molecule has 90 valence electrons. The maximum absolute atomic E-state index is 10.8. The van der Waals surface area contributed by atoms with Gasteiger partial charge in [-0.3, -0.25) is 4.79 Å². The summed E-state index contributed by atoms with van der Waals surface area (Å²) in [6, 6.07) is 7.78. The highest BCUT2D eigenvalue weighted by Crippen LogP contribution is 2.23. The Morgan fingerprint density at radius 2 is 2.12 bits per heavy atom. The van der Waals surface area contributed by atoms with E-state index in [9.17, 15) is 4.79 Å². The van der Waals surface area contributed by atoms with Crippen molar-refractivity contribution in [2.75, 3.05) is 6.61 Å². The van der Waals surface area contributed by atoms with Gasteiger partial charge in [0, 0.05) is 18.0 Å². The molecule has 0 saturated heterocycles. The van der Waals surface area contributed by atoms with E-state index in [1.807, 2.05) is 35.9 Å². The summed E-state index contributed by atoms with van der Waals surface area (Å²) in [6.07, 6.45) is 0.870. The van der Waals surface area contributed by atoms with Gasteiger partial charge in [-0.05, 0) is 30.2 Å². The normalized spacial score (nSPS) is 11.1. The van der Waals surface area contributed by atoms with Gasteiger partial charge in [0.2, 0.25) is 0 Å². The topological polar surface area (TPSA) is 31.2 Å². The van der Waals surface area contributed by atoms with Crippen LogP contribution in [0.3, 0.4) is 0 Å². The summed E-state index contributed by atoms with van der Waals surface area (Å²) in [5.41, 5.74) is 1.73. The van der Waals surface area contributed by atoms with Crippen LogP contribution in [0.5, 0.6) is 5.75 Å². The summed E-state index contributed by atoms with van der Waals surface area (Å²) in [5.74, 6) is 1.36. The van der Waals surface area contributed by atoms with Crippen molar-refractivity contribution in [3.63, 3.8) is 0 Å². The zero-order chi connectivity index (χ0) is 12.4. The Hall–Kier alpha value is -1.77. The number of ether oxygens (including phenoxy) is 1. The highest BCUT2D eigenvalue weighted by Gasteiger charge is 2.06. The molecule has 3 heteroatoms. The van der Waals surface area contributed by atoms with E-state index in [-0.39, 0.29) is 0 Å². The molecule has 2 aromatic rings. The van der Waals surface area contributed by atoms with E-state index in [2.05, 4.69) is 13.8 Å². The van der Waals surface area contributed by atoms with Crippen LogP contribution in [0.2, 0.25) is 0 Å². The summed E-state index contributed by atoms with van der Waals surface area (Å²) in [5, 5.41) is 1.04. The highest BCUT2D eigenvalue weighted by atomic mass is 16.5. The van der Waals surface area contributed by atoms with Crippen molar-refractivity contribution in [3.8, 4) is 5.75 Å². The number of carbonyl (C=O) groups excluding carboxylic acids is 1. The molecule has 0 N–H and O–H groups in total. The monoisotopic (exact) mass is 231 g/mol. The minimum absolute atomic E-state index is 0.506. The molecule has 0 aliphatic carbocycles. The maximum atomic E-state index is 10.8. The number of hydrogen-bond acceptors (Lipinski definition) is 2. The third kappa shape index (κ3) is 2.33. The third-order valence-corrected chi connectivity index (χ3v) is 2.76. The number of aryl methyl sites for hydroxylation is 1. The molecule has 0 atom stereocenters. The second kappa shape index (κ2) is 4.62. The molecule has 1 aromatic carbocycles. The number of hydrogen-bond donors (Lipinski definition) is 0. The van der Waals surface area contributed by atoms with Gasteiger partial charge >= 0.3 is 0 Å². The van der Waals surface area contributed by atoms with Crippen molar-refractivity contribution in [3.05, 3.63) is 30.0 Å². The van der Waals surface area contributed by atoms with Gasteiger partial charge in [0.25, 0.3) is 0 Å². The molecule has 0 unspecified atom stereocenters. The highest BCUT2D eigenvalue weighted by molar-refractivity contribution is 5.89. The van der Waals surface area contributed by atoms with Crippen LogP contribution in [-0.2, 0) is 7.05 Å². The summed E-state index contributed by atoms with van der Waals surface area (Å²) in [7, 11) is 1.89. The summed E-state index contributed by atoms with van der Waals surface area (Å²) in [6.45, 7) is 4.94. The lowest BCUT2D eigenvalue weighted by molar-refractivity contribution is 0.111. The number of benzene rings is 1. The van der Waals surface area contributed by atoms with Gasteiger partial charge in [-0.2, -0.15) is 0 Å². The standard InChI is InChI=1S/C14H17NO2/c1-10(2)9-17-13-4-5-14-11(7-13)6-12(8-16)15(14)3/h4-8,10H,9H2,1-3H3. The van der Waals surface area contributed by atoms with E-state index < -0.39 is 0 Å². The van der Waals surface area contributed by atoms with Gasteiger partial charge in [0.1, 0.15) is 5.75 Å². The average molecular weight is 231 g/mol. The van der Waals surface area contributed by atoms with Gasteiger partial charge in [-0.1, -0.05) is 13.8 Å². The fourth-order valence-corrected chi connectivity index (χ4v) is 1.81. The second-order valence-corrected chi connectivity index (χ2v) is 4.67. The number of nitrogens with zero attached hydrogens (tertiary/aromatic N) is 1. The molecule has 0 saturated carbocycles. The van der Waals surface area contributed by atoms with Crippen LogP contribution >= 0.6 is 0 Å². The van der Waals surface area contributed by atoms with Gasteiger partial charge in [-0.25, -0.2) is 0 Å². The van der Waals surface area contributed by atoms with Crippen molar-refractivity contribution in [1.82, 2.24) is 4.57 Å². The zero-order valence-electron chi connectivity index (χ0n) is 10.4. The van der Waals surface area contributed by atoms with Crippen molar-refractivity contribution in [2.24, 2.45) is 13.0 Å². The number of aromatic nitrogens is 1. The molecule has 0 spiro atoms. The Kier molecular flexibility index (Phi) is 3.18. The minimum Gasteiger partial charge on any atom is -0.493 e. The summed E-state index contributed by atoms with van der Waals surface area (Å²) < 4.78 is 7.54. The van der Waals surface area contributed by atoms with Crippen LogP contribution < -0.4 is 4.74 Å².